The van der Waals surface area contributed by atoms with Crippen LogP contribution < -0.4 is 0 Å². The molecule has 0 bridgehead atoms. The fraction of sp³-hybridized carbons (Fsp3) is 0.650. The fourth-order valence-corrected chi connectivity index (χ4v) is 4.40. The third-order valence-electron chi connectivity index (χ3n) is 5.52. The molecule has 0 saturated carbocycles. The predicted molar refractivity (Wildman–Crippen MR) is 105 cm³/mol. The van der Waals surface area contributed by atoms with Crippen molar-refractivity contribution < 1.29 is 18.8 Å². The first-order valence-corrected chi connectivity index (χ1v) is 12.2. The quantitative estimate of drug-likeness (QED) is 0.552. The zero-order valence-electron chi connectivity index (χ0n) is 17.1. The van der Waals surface area contributed by atoms with Crippen molar-refractivity contribution in [1.82, 2.24) is 5.06 Å². The largest absolute Gasteiger partial charge is 0.469 e. The van der Waals surface area contributed by atoms with Crippen LogP contribution in [0.25, 0.3) is 0 Å². The summed E-state index contributed by atoms with van der Waals surface area (Å²) in [5, 5.41) is 1.96. The molecule has 1 aromatic carbocycles. The summed E-state index contributed by atoms with van der Waals surface area (Å²) in [5.74, 6) is -0.584. The topological polar surface area (TPSA) is 48.0 Å². The summed E-state index contributed by atoms with van der Waals surface area (Å²) in [7, 11) is -0.528. The molecular weight excluding hydrogens is 346 g/mol. The Balaban J connectivity index is 2.12. The normalized spacial score (nSPS) is 23.0. The van der Waals surface area contributed by atoms with Crippen LogP contribution in [0.1, 0.15) is 33.3 Å². The number of hydrogen-bond donors (Lipinski definition) is 0. The number of carbonyl (C=O) groups is 1. The summed E-state index contributed by atoms with van der Waals surface area (Å²) in [6.45, 7) is 14.2. The Kier molecular flexibility index (Phi) is 6.66. The Morgan fingerprint density at radius 2 is 1.92 bits per heavy atom. The lowest BCUT2D eigenvalue weighted by atomic mass is 10.00. The standard InChI is InChI=1S/C20H33NO4Si/c1-15(25-26(6,7)20(2,3)4)18-17(19(22)23-5)14-21(24-18)13-16-11-9-8-10-12-16/h8-12,15,17-18H,13-14H2,1-7H3/t15-,17-,18-/m0/s1. The van der Waals surface area contributed by atoms with Crippen LogP contribution in [-0.4, -0.2) is 45.2 Å². The summed E-state index contributed by atoms with van der Waals surface area (Å²) in [5.41, 5.74) is 1.15. The van der Waals surface area contributed by atoms with E-state index in [0.29, 0.717) is 13.1 Å². The molecule has 2 rings (SSSR count). The summed E-state index contributed by atoms with van der Waals surface area (Å²) in [6, 6.07) is 10.1. The molecule has 0 amide bonds. The van der Waals surface area contributed by atoms with Gasteiger partial charge < -0.3 is 9.16 Å². The van der Waals surface area contributed by atoms with Gasteiger partial charge in [0.05, 0.1) is 13.2 Å². The van der Waals surface area contributed by atoms with Gasteiger partial charge in [-0.15, -0.1) is 0 Å². The minimum absolute atomic E-state index is 0.102. The molecule has 0 N–H and O–H groups in total. The summed E-state index contributed by atoms with van der Waals surface area (Å²) < 4.78 is 11.5. The number of carbonyl (C=O) groups excluding carboxylic acids is 1. The molecule has 1 fully saturated rings. The number of esters is 1. The number of nitrogens with zero attached hydrogens (tertiary/aromatic N) is 1. The lowest BCUT2D eigenvalue weighted by molar-refractivity contribution is -0.178. The van der Waals surface area contributed by atoms with E-state index in [4.69, 9.17) is 14.0 Å². The van der Waals surface area contributed by atoms with Gasteiger partial charge in [0.1, 0.15) is 12.0 Å². The maximum absolute atomic E-state index is 12.3. The number of rotatable bonds is 6. The van der Waals surface area contributed by atoms with Gasteiger partial charge in [0.2, 0.25) is 0 Å². The van der Waals surface area contributed by atoms with Gasteiger partial charge in [-0.2, -0.15) is 5.06 Å². The molecule has 0 radical (unpaired) electrons. The van der Waals surface area contributed by atoms with Gasteiger partial charge >= 0.3 is 5.97 Å². The molecule has 6 heteroatoms. The Hall–Kier alpha value is -1.21. The van der Waals surface area contributed by atoms with Gasteiger partial charge in [-0.25, -0.2) is 0 Å². The summed E-state index contributed by atoms with van der Waals surface area (Å²) in [4.78, 5) is 18.5. The first kappa shape index (κ1) is 21.1. The van der Waals surface area contributed by atoms with Crippen LogP contribution >= 0.6 is 0 Å². The van der Waals surface area contributed by atoms with E-state index in [1.165, 1.54) is 7.11 Å². The van der Waals surface area contributed by atoms with Crippen molar-refractivity contribution in [2.75, 3.05) is 13.7 Å². The van der Waals surface area contributed by atoms with Gasteiger partial charge in [-0.1, -0.05) is 51.1 Å². The van der Waals surface area contributed by atoms with Crippen molar-refractivity contribution in [1.29, 1.82) is 0 Å². The zero-order chi connectivity index (χ0) is 19.5. The monoisotopic (exact) mass is 379 g/mol. The third-order valence-corrected chi connectivity index (χ3v) is 10.1. The van der Waals surface area contributed by atoms with Gasteiger partial charge in [-0.05, 0) is 30.6 Å². The van der Waals surface area contributed by atoms with Crippen LogP contribution in [0.5, 0.6) is 0 Å². The van der Waals surface area contributed by atoms with Gasteiger partial charge in [0.25, 0.3) is 0 Å². The smallest absolute Gasteiger partial charge is 0.312 e. The Labute approximate surface area is 158 Å². The predicted octanol–water partition coefficient (Wildman–Crippen LogP) is 4.00. The molecule has 0 aromatic heterocycles. The number of hydrogen-bond acceptors (Lipinski definition) is 5. The zero-order valence-corrected chi connectivity index (χ0v) is 18.1. The Morgan fingerprint density at radius 3 is 2.46 bits per heavy atom. The molecule has 1 saturated heterocycles. The maximum Gasteiger partial charge on any atom is 0.312 e. The second kappa shape index (κ2) is 8.21. The second-order valence-corrected chi connectivity index (χ2v) is 13.3. The second-order valence-electron chi connectivity index (χ2n) is 8.59. The molecule has 3 atom stereocenters. The van der Waals surface area contributed by atoms with E-state index >= 15 is 0 Å². The van der Waals surface area contributed by atoms with Crippen molar-refractivity contribution in [3.8, 4) is 0 Å². The van der Waals surface area contributed by atoms with Gasteiger partial charge in [0, 0.05) is 13.1 Å². The third kappa shape index (κ3) is 4.94. The molecule has 0 spiro atoms. The van der Waals surface area contributed by atoms with Crippen LogP contribution in [0, 0.1) is 5.92 Å². The average molecular weight is 380 g/mol. The highest BCUT2D eigenvalue weighted by atomic mass is 28.4. The number of benzene rings is 1. The number of hydroxylamine groups is 2. The molecule has 146 valence electrons. The van der Waals surface area contributed by atoms with Crippen molar-refractivity contribution in [3.63, 3.8) is 0 Å². The van der Waals surface area contributed by atoms with E-state index in [1.807, 2.05) is 30.2 Å². The van der Waals surface area contributed by atoms with Crippen molar-refractivity contribution >= 4 is 14.3 Å². The Bertz CT molecular complexity index is 600. The molecule has 1 aliphatic heterocycles. The minimum atomic E-state index is -1.96. The van der Waals surface area contributed by atoms with E-state index in [-0.39, 0.29) is 29.1 Å². The van der Waals surface area contributed by atoms with Gasteiger partial charge in [-0.3, -0.25) is 9.63 Å². The fourth-order valence-electron chi connectivity index (χ4n) is 2.98. The number of methoxy groups -OCH3 is 1. The van der Waals surface area contributed by atoms with E-state index in [1.54, 1.807) is 0 Å². The first-order valence-electron chi connectivity index (χ1n) is 9.26. The molecule has 0 unspecified atom stereocenters. The molecule has 1 heterocycles. The van der Waals surface area contributed by atoms with Crippen LogP contribution in [0.3, 0.4) is 0 Å². The van der Waals surface area contributed by atoms with Crippen molar-refractivity contribution in [2.45, 2.75) is 64.6 Å². The van der Waals surface area contributed by atoms with E-state index in [0.717, 1.165) is 5.56 Å². The molecule has 5 nitrogen and oxygen atoms in total. The van der Waals surface area contributed by atoms with E-state index < -0.39 is 8.32 Å². The molecule has 1 aliphatic rings. The molecule has 26 heavy (non-hydrogen) atoms. The van der Waals surface area contributed by atoms with Crippen molar-refractivity contribution in [2.24, 2.45) is 5.92 Å². The SMILES string of the molecule is COC(=O)[C@H]1CN(Cc2ccccc2)O[C@H]1[C@H](C)O[Si](C)(C)C(C)(C)C. The highest BCUT2D eigenvalue weighted by Crippen LogP contribution is 2.39. The van der Waals surface area contributed by atoms with Crippen LogP contribution in [0.4, 0.5) is 0 Å². The van der Waals surface area contributed by atoms with Crippen LogP contribution in [-0.2, 0) is 25.3 Å². The lowest BCUT2D eigenvalue weighted by Gasteiger charge is -2.40. The minimum Gasteiger partial charge on any atom is -0.469 e. The van der Waals surface area contributed by atoms with E-state index in [2.05, 4.69) is 46.0 Å². The van der Waals surface area contributed by atoms with E-state index in [9.17, 15) is 4.79 Å². The molecule has 1 aromatic rings. The summed E-state index contributed by atoms with van der Waals surface area (Å²) in [6.07, 6.45) is -0.513. The molecule has 0 aliphatic carbocycles. The van der Waals surface area contributed by atoms with Crippen molar-refractivity contribution in [3.05, 3.63) is 35.9 Å². The lowest BCUT2D eigenvalue weighted by Crippen LogP contribution is -2.48. The number of ether oxygens (including phenoxy) is 1. The Morgan fingerprint density at radius 1 is 1.31 bits per heavy atom. The molecular formula is C20H33NO4Si. The average Bonchev–Trinajstić information content (AvgIpc) is 2.97. The van der Waals surface area contributed by atoms with Gasteiger partial charge in [0.15, 0.2) is 8.32 Å². The highest BCUT2D eigenvalue weighted by Gasteiger charge is 2.46. The first-order chi connectivity index (χ1) is 12.0. The highest BCUT2D eigenvalue weighted by molar-refractivity contribution is 6.74. The maximum atomic E-state index is 12.3. The van der Waals surface area contributed by atoms with Crippen LogP contribution in [0.15, 0.2) is 30.3 Å². The van der Waals surface area contributed by atoms with Crippen LogP contribution in [0.2, 0.25) is 18.1 Å². The summed E-state index contributed by atoms with van der Waals surface area (Å²) >= 11 is 0.